The Balaban J connectivity index is 2.02. The molecule has 98 valence electrons. The number of hydrogen-bond donors (Lipinski definition) is 2. The number of amides is 1. The Morgan fingerprint density at radius 2 is 2.21 bits per heavy atom. The van der Waals surface area contributed by atoms with E-state index >= 15 is 0 Å². The van der Waals surface area contributed by atoms with Gasteiger partial charge in [-0.15, -0.1) is 0 Å². The van der Waals surface area contributed by atoms with Crippen LogP contribution in [0.2, 0.25) is 0 Å². The number of aromatic nitrogens is 1. The second kappa shape index (κ2) is 5.67. The van der Waals surface area contributed by atoms with Crippen molar-refractivity contribution in [2.75, 3.05) is 11.9 Å². The zero-order chi connectivity index (χ0) is 13.7. The first kappa shape index (κ1) is 12.6. The summed E-state index contributed by atoms with van der Waals surface area (Å²) in [4.78, 5) is 22.0. The van der Waals surface area contributed by atoms with E-state index in [0.29, 0.717) is 11.4 Å². The van der Waals surface area contributed by atoms with Crippen LogP contribution < -0.4 is 10.1 Å². The van der Waals surface area contributed by atoms with Gasteiger partial charge in [0.05, 0.1) is 6.20 Å². The van der Waals surface area contributed by atoms with Crippen LogP contribution in [0, 0.1) is 0 Å². The van der Waals surface area contributed by atoms with Gasteiger partial charge in [0.1, 0.15) is 5.75 Å². The van der Waals surface area contributed by atoms with Crippen molar-refractivity contribution in [2.24, 2.45) is 0 Å². The van der Waals surface area contributed by atoms with Crippen LogP contribution in [-0.2, 0) is 4.79 Å². The molecular weight excluding hydrogens is 252 g/mol. The summed E-state index contributed by atoms with van der Waals surface area (Å²) < 4.78 is 9.70. The maximum absolute atomic E-state index is 11.7. The molecule has 0 aliphatic rings. The number of carboxylic acids is 1. The fraction of sp³-hybridized carbons (Fsp3) is 0.0833. The number of nitrogens with one attached hydrogen (secondary N) is 1. The van der Waals surface area contributed by atoms with Crippen molar-refractivity contribution in [3.63, 3.8) is 0 Å². The van der Waals surface area contributed by atoms with Gasteiger partial charge in [-0.05, 0) is 12.1 Å². The molecule has 7 nitrogen and oxygen atoms in total. The molecule has 0 saturated heterocycles. The number of aliphatic carboxylic acids is 1. The van der Waals surface area contributed by atoms with Crippen molar-refractivity contribution in [1.29, 1.82) is 0 Å². The molecule has 2 N–H and O–H groups in total. The molecular formula is C12H10N2O5. The lowest BCUT2D eigenvalue weighted by Gasteiger charge is -2.06. The lowest BCUT2D eigenvalue weighted by Crippen LogP contribution is -2.12. The van der Waals surface area contributed by atoms with Gasteiger partial charge in [-0.25, -0.2) is 4.79 Å². The molecule has 2 aromatic rings. The second-order valence-corrected chi connectivity index (χ2v) is 3.54. The maximum atomic E-state index is 11.7. The van der Waals surface area contributed by atoms with E-state index in [1.165, 1.54) is 18.3 Å². The first-order valence-electron chi connectivity index (χ1n) is 5.32. The van der Waals surface area contributed by atoms with Gasteiger partial charge < -0.3 is 19.7 Å². The number of carbonyl (C=O) groups is 2. The largest absolute Gasteiger partial charge is 0.482 e. The number of nitrogens with zero attached hydrogens (tertiary/aromatic N) is 1. The average Bonchev–Trinajstić information content (AvgIpc) is 2.91. The Hall–Kier alpha value is -2.83. The van der Waals surface area contributed by atoms with Crippen molar-refractivity contribution >= 4 is 17.6 Å². The van der Waals surface area contributed by atoms with Crippen molar-refractivity contribution in [2.45, 2.75) is 0 Å². The van der Waals surface area contributed by atoms with Crippen molar-refractivity contribution < 1.29 is 24.0 Å². The summed E-state index contributed by atoms with van der Waals surface area (Å²) in [7, 11) is 0. The third-order valence-corrected chi connectivity index (χ3v) is 2.12. The molecule has 0 aliphatic heterocycles. The fourth-order valence-corrected chi connectivity index (χ4v) is 1.33. The summed E-state index contributed by atoms with van der Waals surface area (Å²) in [6.07, 6.45) is 1.36. The number of carbonyl (C=O) groups excluding carboxylic acids is 1. The van der Waals surface area contributed by atoms with Gasteiger partial charge in [0.15, 0.2) is 6.61 Å². The summed E-state index contributed by atoms with van der Waals surface area (Å²) in [5.41, 5.74) is 0.462. The van der Waals surface area contributed by atoms with Crippen molar-refractivity contribution in [3.05, 3.63) is 42.3 Å². The topological polar surface area (TPSA) is 102 Å². The van der Waals surface area contributed by atoms with Crippen LogP contribution in [0.1, 0.15) is 10.6 Å². The summed E-state index contributed by atoms with van der Waals surface area (Å²) in [6, 6.07) is 7.81. The van der Waals surface area contributed by atoms with Crippen LogP contribution in [0.15, 0.2) is 41.1 Å². The minimum Gasteiger partial charge on any atom is -0.482 e. The summed E-state index contributed by atoms with van der Waals surface area (Å²) in [6.45, 7) is -0.445. The smallest absolute Gasteiger partial charge is 0.341 e. The van der Waals surface area contributed by atoms with E-state index in [1.54, 1.807) is 18.2 Å². The molecule has 0 spiro atoms. The molecule has 1 heterocycles. The van der Waals surface area contributed by atoms with Gasteiger partial charge in [0.25, 0.3) is 5.91 Å². The average molecular weight is 262 g/mol. The molecule has 0 aliphatic carbocycles. The molecule has 2 rings (SSSR count). The molecule has 1 amide bonds. The zero-order valence-electron chi connectivity index (χ0n) is 9.70. The highest BCUT2D eigenvalue weighted by Crippen LogP contribution is 2.18. The molecule has 0 bridgehead atoms. The molecule has 7 heteroatoms. The Bertz CT molecular complexity index is 580. The molecule has 0 unspecified atom stereocenters. The maximum Gasteiger partial charge on any atom is 0.341 e. The SMILES string of the molecule is O=C(O)COc1cccc(NC(=O)c2ccno2)c1. The molecule has 0 fully saturated rings. The normalized spacial score (nSPS) is 9.89. The van der Waals surface area contributed by atoms with Crippen LogP contribution in [0.25, 0.3) is 0 Å². The summed E-state index contributed by atoms with van der Waals surface area (Å²) >= 11 is 0. The lowest BCUT2D eigenvalue weighted by molar-refractivity contribution is -0.139. The first-order valence-corrected chi connectivity index (χ1v) is 5.32. The van der Waals surface area contributed by atoms with Gasteiger partial charge >= 0.3 is 5.97 Å². The second-order valence-electron chi connectivity index (χ2n) is 3.54. The minimum absolute atomic E-state index is 0.0804. The Morgan fingerprint density at radius 3 is 2.89 bits per heavy atom. The molecule has 1 aromatic heterocycles. The van der Waals surface area contributed by atoms with E-state index in [1.807, 2.05) is 0 Å². The number of anilines is 1. The minimum atomic E-state index is -1.07. The molecule has 1 aromatic carbocycles. The quantitative estimate of drug-likeness (QED) is 0.844. The number of ether oxygens (including phenoxy) is 1. The highest BCUT2D eigenvalue weighted by molar-refractivity contribution is 6.02. The number of benzene rings is 1. The Labute approximate surface area is 107 Å². The highest BCUT2D eigenvalue weighted by Gasteiger charge is 2.10. The van der Waals surface area contributed by atoms with Crippen molar-refractivity contribution in [1.82, 2.24) is 5.16 Å². The van der Waals surface area contributed by atoms with Gasteiger partial charge in [0, 0.05) is 17.8 Å². The number of carboxylic acid groups (broad SMARTS) is 1. The molecule has 0 saturated carbocycles. The Morgan fingerprint density at radius 1 is 1.37 bits per heavy atom. The van der Waals surface area contributed by atoms with Crippen LogP contribution in [0.4, 0.5) is 5.69 Å². The van der Waals surface area contributed by atoms with Crippen LogP contribution in [0.5, 0.6) is 5.75 Å². The van der Waals surface area contributed by atoms with Crippen LogP contribution in [-0.4, -0.2) is 28.7 Å². The van der Waals surface area contributed by atoms with E-state index < -0.39 is 18.5 Å². The zero-order valence-corrected chi connectivity index (χ0v) is 9.70. The van der Waals surface area contributed by atoms with E-state index in [9.17, 15) is 9.59 Å². The fourth-order valence-electron chi connectivity index (χ4n) is 1.33. The third-order valence-electron chi connectivity index (χ3n) is 2.12. The van der Waals surface area contributed by atoms with E-state index in [0.717, 1.165) is 0 Å². The lowest BCUT2D eigenvalue weighted by atomic mass is 10.3. The molecule has 0 atom stereocenters. The van der Waals surface area contributed by atoms with Gasteiger partial charge in [-0.2, -0.15) is 0 Å². The molecule has 19 heavy (non-hydrogen) atoms. The monoisotopic (exact) mass is 262 g/mol. The number of hydrogen-bond acceptors (Lipinski definition) is 5. The van der Waals surface area contributed by atoms with E-state index in [2.05, 4.69) is 10.5 Å². The highest BCUT2D eigenvalue weighted by atomic mass is 16.5. The van der Waals surface area contributed by atoms with Crippen LogP contribution >= 0.6 is 0 Å². The predicted octanol–water partition coefficient (Wildman–Crippen LogP) is 1.39. The van der Waals surface area contributed by atoms with Crippen molar-refractivity contribution in [3.8, 4) is 5.75 Å². The predicted molar refractivity (Wildman–Crippen MR) is 64.0 cm³/mol. The van der Waals surface area contributed by atoms with Gasteiger partial charge in [0.2, 0.25) is 5.76 Å². The molecule has 0 radical (unpaired) electrons. The summed E-state index contributed by atoms with van der Waals surface area (Å²) in [5, 5.41) is 14.5. The van der Waals surface area contributed by atoms with Gasteiger partial charge in [-0.1, -0.05) is 11.2 Å². The first-order chi connectivity index (χ1) is 9.15. The van der Waals surface area contributed by atoms with E-state index in [4.69, 9.17) is 14.4 Å². The Kier molecular flexibility index (Phi) is 3.77. The summed E-state index contributed by atoms with van der Waals surface area (Å²) in [5.74, 6) is -1.10. The van der Waals surface area contributed by atoms with Gasteiger partial charge in [-0.3, -0.25) is 4.79 Å². The third kappa shape index (κ3) is 3.56. The van der Waals surface area contributed by atoms with E-state index in [-0.39, 0.29) is 5.76 Å². The standard InChI is InChI=1S/C12H10N2O5/c15-11(16)7-18-9-3-1-2-8(6-9)14-12(17)10-4-5-13-19-10/h1-6H,7H2,(H,14,17)(H,15,16). The van der Waals surface area contributed by atoms with Crippen LogP contribution in [0.3, 0.4) is 0 Å². The number of rotatable bonds is 5.